The summed E-state index contributed by atoms with van der Waals surface area (Å²) in [6.07, 6.45) is 0. The highest BCUT2D eigenvalue weighted by atomic mass is 32.1. The molecular weight excluding hydrogens is 350 g/mol. The van der Waals surface area contributed by atoms with E-state index in [0.717, 1.165) is 18.1 Å². The van der Waals surface area contributed by atoms with E-state index in [1.807, 2.05) is 44.1 Å². The van der Waals surface area contributed by atoms with Gasteiger partial charge in [0.2, 0.25) is 5.62 Å². The van der Waals surface area contributed by atoms with Crippen molar-refractivity contribution in [1.82, 2.24) is 18.6 Å². The lowest BCUT2D eigenvalue weighted by molar-refractivity contribution is 0.0669. The monoisotopic (exact) mass is 373 g/mol. The largest absolute Gasteiger partial charge is 0.378 e. The van der Waals surface area contributed by atoms with Crippen LogP contribution in [0.5, 0.6) is 0 Å². The number of rotatable bonds is 2. The minimum absolute atomic E-state index is 0.536. The predicted octanol–water partition coefficient (Wildman–Crippen LogP) is 1.50. The molecule has 1 aliphatic heterocycles. The van der Waals surface area contributed by atoms with Crippen LogP contribution in [0, 0.1) is 9.54 Å². The van der Waals surface area contributed by atoms with Crippen molar-refractivity contribution >= 4 is 41.6 Å². The molecule has 0 aliphatic carbocycles. The smallest absolute Gasteiger partial charge is 0.209 e. The van der Waals surface area contributed by atoms with Crippen LogP contribution >= 0.6 is 36.7 Å². The van der Waals surface area contributed by atoms with Gasteiger partial charge >= 0.3 is 0 Å². The van der Waals surface area contributed by atoms with Crippen LogP contribution in [0.25, 0.3) is 0 Å². The second kappa shape index (κ2) is 6.92. The highest BCUT2D eigenvalue weighted by Gasteiger charge is 2.29. The minimum Gasteiger partial charge on any atom is -0.378 e. The fourth-order valence-corrected chi connectivity index (χ4v) is 3.15. The summed E-state index contributed by atoms with van der Waals surface area (Å²) in [4.78, 5) is 7.86. The van der Waals surface area contributed by atoms with Gasteiger partial charge < -0.3 is 9.64 Å². The highest BCUT2D eigenvalue weighted by molar-refractivity contribution is 7.80. The van der Waals surface area contributed by atoms with Crippen molar-refractivity contribution in [1.29, 1.82) is 0 Å². The normalized spacial score (nSPS) is 15.6. The summed E-state index contributed by atoms with van der Waals surface area (Å²) in [7, 11) is 5.64. The Kier molecular flexibility index (Phi) is 5.55. The lowest BCUT2D eigenvalue weighted by Crippen LogP contribution is -2.49. The summed E-state index contributed by atoms with van der Waals surface area (Å²) < 4.78 is 12.1. The Morgan fingerprint density at radius 1 is 1.00 bits per heavy atom. The summed E-state index contributed by atoms with van der Waals surface area (Å²) >= 11 is 16.6. The maximum Gasteiger partial charge on any atom is 0.209 e. The van der Waals surface area contributed by atoms with Crippen molar-refractivity contribution in [3.63, 3.8) is 0 Å². The molecule has 0 saturated carbocycles. The molecule has 2 heterocycles. The van der Waals surface area contributed by atoms with Crippen molar-refractivity contribution in [3.8, 4) is 0 Å². The van der Waals surface area contributed by atoms with Crippen LogP contribution in [0.4, 0.5) is 0 Å². The van der Waals surface area contributed by atoms with E-state index in [0.29, 0.717) is 28.4 Å². The molecule has 0 bridgehead atoms. The van der Waals surface area contributed by atoms with E-state index >= 15 is 0 Å². The van der Waals surface area contributed by atoms with Gasteiger partial charge in [0.05, 0.1) is 13.2 Å². The Morgan fingerprint density at radius 2 is 1.48 bits per heavy atom. The van der Waals surface area contributed by atoms with Crippen LogP contribution in [-0.4, -0.2) is 55.4 Å². The first-order valence-corrected chi connectivity index (χ1v) is 8.65. The summed E-state index contributed by atoms with van der Waals surface area (Å²) in [5.74, 6) is 0. The molecule has 6 nitrogen and oxygen atoms in total. The molecule has 1 saturated heterocycles. The Labute approximate surface area is 152 Å². The molecule has 0 aromatic carbocycles. The lowest BCUT2D eigenvalue weighted by atomic mass is 10.1. The average Bonchev–Trinajstić information content (AvgIpc) is 2.55. The molecule has 23 heavy (non-hydrogen) atoms. The van der Waals surface area contributed by atoms with Gasteiger partial charge in [-0.3, -0.25) is 13.7 Å². The van der Waals surface area contributed by atoms with Gasteiger partial charge in [0.1, 0.15) is 10.5 Å². The minimum atomic E-state index is -0.536. The third-order valence-corrected chi connectivity index (χ3v) is 5.80. The van der Waals surface area contributed by atoms with E-state index in [2.05, 4.69) is 4.90 Å². The number of morpholine rings is 1. The van der Waals surface area contributed by atoms with Gasteiger partial charge in [-0.1, -0.05) is 12.2 Å². The molecule has 1 fully saturated rings. The molecule has 1 aromatic heterocycles. The van der Waals surface area contributed by atoms with Gasteiger partial charge in [0, 0.05) is 34.2 Å². The standard InChI is InChI=1S/C14H23N5OS3/c1-14(2,10(21)19-6-8-20-9-7-19)15-11-16(3)12(22)18(5)13(23)17(11)4/h6-9H2,1-5H3. The first kappa shape index (κ1) is 18.4. The Morgan fingerprint density at radius 3 is 1.96 bits per heavy atom. The van der Waals surface area contributed by atoms with Crippen LogP contribution in [0.3, 0.4) is 0 Å². The van der Waals surface area contributed by atoms with Crippen molar-refractivity contribution in [2.75, 3.05) is 26.3 Å². The summed E-state index contributed by atoms with van der Waals surface area (Å²) in [5, 5.41) is 0. The van der Waals surface area contributed by atoms with Crippen molar-refractivity contribution in [2.45, 2.75) is 19.4 Å². The van der Waals surface area contributed by atoms with Gasteiger partial charge in [-0.15, -0.1) is 0 Å². The van der Waals surface area contributed by atoms with E-state index in [-0.39, 0.29) is 0 Å². The molecule has 1 aromatic rings. The number of thiocarbonyl (C=S) groups is 1. The fourth-order valence-electron chi connectivity index (χ4n) is 2.53. The van der Waals surface area contributed by atoms with E-state index in [9.17, 15) is 0 Å². The first-order chi connectivity index (χ1) is 10.7. The van der Waals surface area contributed by atoms with E-state index in [1.54, 1.807) is 4.57 Å². The Balaban J connectivity index is 2.54. The van der Waals surface area contributed by atoms with E-state index in [1.165, 1.54) is 0 Å². The summed E-state index contributed by atoms with van der Waals surface area (Å²) in [6, 6.07) is 0. The number of aromatic nitrogens is 3. The molecule has 2 rings (SSSR count). The van der Waals surface area contributed by atoms with Gasteiger partial charge in [0.15, 0.2) is 9.54 Å². The van der Waals surface area contributed by atoms with Gasteiger partial charge in [-0.25, -0.2) is 4.99 Å². The third kappa shape index (κ3) is 3.62. The van der Waals surface area contributed by atoms with Gasteiger partial charge in [-0.05, 0) is 38.3 Å². The number of nitrogens with zero attached hydrogens (tertiary/aromatic N) is 5. The van der Waals surface area contributed by atoms with Crippen LogP contribution in [0.1, 0.15) is 13.8 Å². The molecule has 0 atom stereocenters. The number of ether oxygens (including phenoxy) is 1. The lowest BCUT2D eigenvalue weighted by Gasteiger charge is -2.35. The maximum absolute atomic E-state index is 5.69. The maximum atomic E-state index is 5.69. The first-order valence-electron chi connectivity index (χ1n) is 7.43. The van der Waals surface area contributed by atoms with Crippen LogP contribution in [0.15, 0.2) is 4.99 Å². The molecule has 1 aliphatic rings. The molecule has 0 radical (unpaired) electrons. The fraction of sp³-hybridized carbons (Fsp3) is 0.714. The van der Waals surface area contributed by atoms with Crippen molar-refractivity contribution < 1.29 is 4.74 Å². The van der Waals surface area contributed by atoms with Gasteiger partial charge in [0.25, 0.3) is 0 Å². The van der Waals surface area contributed by atoms with Crippen LogP contribution < -0.4 is 5.62 Å². The van der Waals surface area contributed by atoms with Crippen molar-refractivity contribution in [3.05, 3.63) is 15.2 Å². The van der Waals surface area contributed by atoms with Crippen LogP contribution in [0.2, 0.25) is 0 Å². The molecule has 0 unspecified atom stereocenters. The second-order valence-electron chi connectivity index (χ2n) is 6.12. The van der Waals surface area contributed by atoms with E-state index in [4.69, 9.17) is 46.4 Å². The Hall–Kier alpha value is -0.900. The SMILES string of the molecule is Cn1c(=S)n(C)c(=NC(C)(C)C(=S)N2CCOCC2)n(C)c1=S. The zero-order valence-electron chi connectivity index (χ0n) is 14.2. The molecule has 128 valence electrons. The molecular formula is C14H23N5OS3. The zero-order valence-corrected chi connectivity index (χ0v) is 16.6. The third-order valence-electron chi connectivity index (χ3n) is 3.95. The summed E-state index contributed by atoms with van der Waals surface area (Å²) in [5.41, 5.74) is 0.171. The molecule has 0 amide bonds. The topological polar surface area (TPSA) is 39.6 Å². The average molecular weight is 374 g/mol. The van der Waals surface area contributed by atoms with Gasteiger partial charge in [-0.2, -0.15) is 0 Å². The summed E-state index contributed by atoms with van der Waals surface area (Å²) in [6.45, 7) is 7.04. The highest BCUT2D eigenvalue weighted by Crippen LogP contribution is 2.16. The quantitative estimate of drug-likeness (QED) is 0.735. The van der Waals surface area contributed by atoms with Crippen molar-refractivity contribution in [2.24, 2.45) is 26.1 Å². The predicted molar refractivity (Wildman–Crippen MR) is 99.7 cm³/mol. The molecule has 0 N–H and O–H groups in total. The van der Waals surface area contributed by atoms with Crippen LogP contribution in [-0.2, 0) is 25.9 Å². The number of hydrogen-bond donors (Lipinski definition) is 0. The molecule has 0 spiro atoms. The van der Waals surface area contributed by atoms with E-state index < -0.39 is 5.54 Å². The second-order valence-corrected chi connectivity index (χ2v) is 7.23. The Bertz CT molecular complexity index is 756. The zero-order chi connectivity index (χ0) is 17.4. The number of hydrogen-bond acceptors (Lipinski definition) is 5. The molecule has 9 heteroatoms.